The molecular formula is C22H33N2O7PS. The first kappa shape index (κ1) is 27.3. The molecular weight excluding hydrogens is 467 g/mol. The summed E-state index contributed by atoms with van der Waals surface area (Å²) >= 11 is 0. The Labute approximate surface area is 196 Å². The van der Waals surface area contributed by atoms with Crippen molar-refractivity contribution in [3.8, 4) is 5.75 Å². The Morgan fingerprint density at radius 2 is 1.70 bits per heavy atom. The number of allylic oxidation sites excluding steroid dienone is 2. The van der Waals surface area contributed by atoms with Crippen LogP contribution in [0.3, 0.4) is 0 Å². The number of nitrogens with one attached hydrogen (secondary N) is 2. The monoisotopic (exact) mass is 500 g/mol. The molecule has 1 unspecified atom stereocenters. The molecule has 184 valence electrons. The van der Waals surface area contributed by atoms with E-state index in [2.05, 4.69) is 10.0 Å². The predicted molar refractivity (Wildman–Crippen MR) is 128 cm³/mol. The molecule has 0 saturated carbocycles. The van der Waals surface area contributed by atoms with Gasteiger partial charge < -0.3 is 10.1 Å². The Balaban J connectivity index is 1.95. The highest BCUT2D eigenvalue weighted by Crippen LogP contribution is 2.51. The Kier molecular flexibility index (Phi) is 9.87. The van der Waals surface area contributed by atoms with Crippen LogP contribution in [0.2, 0.25) is 0 Å². The van der Waals surface area contributed by atoms with Crippen molar-refractivity contribution in [2.24, 2.45) is 0 Å². The van der Waals surface area contributed by atoms with Gasteiger partial charge in [-0.15, -0.1) is 0 Å². The van der Waals surface area contributed by atoms with Crippen LogP contribution >= 0.6 is 7.60 Å². The van der Waals surface area contributed by atoms with Gasteiger partial charge in [-0.3, -0.25) is 13.8 Å². The van der Waals surface area contributed by atoms with Crippen LogP contribution in [0.25, 0.3) is 0 Å². The lowest BCUT2D eigenvalue weighted by molar-refractivity contribution is 0.143. The van der Waals surface area contributed by atoms with Gasteiger partial charge in [-0.1, -0.05) is 36.4 Å². The lowest BCUT2D eigenvalue weighted by Crippen LogP contribution is -2.50. The minimum atomic E-state index is -4.00. The lowest BCUT2D eigenvalue weighted by atomic mass is 10.1. The van der Waals surface area contributed by atoms with E-state index in [-0.39, 0.29) is 25.9 Å². The van der Waals surface area contributed by atoms with Crippen LogP contribution in [-0.4, -0.2) is 44.3 Å². The molecule has 1 aliphatic rings. The number of carbonyl (C=O) groups is 1. The fraction of sp³-hybridized carbons (Fsp3) is 0.500. The van der Waals surface area contributed by atoms with E-state index in [0.29, 0.717) is 5.75 Å². The maximum Gasteiger partial charge on any atom is 0.418 e. The van der Waals surface area contributed by atoms with Crippen LogP contribution in [0.5, 0.6) is 5.75 Å². The number of sulfonamides is 1. The van der Waals surface area contributed by atoms with Crippen LogP contribution in [0.15, 0.2) is 54.6 Å². The summed E-state index contributed by atoms with van der Waals surface area (Å²) in [5.41, 5.74) is -0.850. The summed E-state index contributed by atoms with van der Waals surface area (Å²) in [4.78, 5) is 10.8. The Bertz CT molecular complexity index is 979. The predicted octanol–water partition coefficient (Wildman–Crippen LogP) is 4.34. The first-order valence-corrected chi connectivity index (χ1v) is 13.9. The van der Waals surface area contributed by atoms with Gasteiger partial charge in [0.25, 0.3) is 10.0 Å². The van der Waals surface area contributed by atoms with Gasteiger partial charge in [-0.25, -0.2) is 17.7 Å². The summed E-state index contributed by atoms with van der Waals surface area (Å²) in [6, 6.07) is 8.72. The highest BCUT2D eigenvalue weighted by atomic mass is 32.2. The Hall–Kier alpha value is -1.97. The van der Waals surface area contributed by atoms with Crippen molar-refractivity contribution in [2.45, 2.75) is 57.7 Å². The van der Waals surface area contributed by atoms with Gasteiger partial charge >= 0.3 is 13.2 Å². The van der Waals surface area contributed by atoms with E-state index in [1.54, 1.807) is 70.2 Å². The van der Waals surface area contributed by atoms with Crippen molar-refractivity contribution in [3.63, 3.8) is 0 Å². The second-order valence-electron chi connectivity index (χ2n) is 8.01. The Morgan fingerprint density at radius 1 is 1.06 bits per heavy atom. The summed E-state index contributed by atoms with van der Waals surface area (Å²) < 4.78 is 58.0. The third kappa shape index (κ3) is 7.79. The smallest absolute Gasteiger partial charge is 0.418 e. The van der Waals surface area contributed by atoms with Crippen LogP contribution in [0.1, 0.15) is 40.5 Å². The van der Waals surface area contributed by atoms with Crippen LogP contribution in [0, 0.1) is 0 Å². The zero-order valence-electron chi connectivity index (χ0n) is 19.4. The van der Waals surface area contributed by atoms with Gasteiger partial charge in [0, 0.05) is 19.5 Å². The molecule has 0 bridgehead atoms. The number of benzene rings is 1. The number of hydrogen-bond donors (Lipinski definition) is 2. The maximum absolute atomic E-state index is 13.1. The number of ether oxygens (including phenoxy) is 1. The topological polar surface area (TPSA) is 120 Å². The molecule has 1 amide bonds. The molecule has 0 fully saturated rings. The van der Waals surface area contributed by atoms with E-state index in [4.69, 9.17) is 13.8 Å². The molecule has 11 heteroatoms. The first-order chi connectivity index (χ1) is 15.5. The molecule has 0 aromatic heterocycles. The quantitative estimate of drug-likeness (QED) is 0.305. The molecule has 0 aliphatic heterocycles. The molecule has 1 aromatic rings. The molecule has 0 saturated heterocycles. The van der Waals surface area contributed by atoms with Crippen LogP contribution in [-0.2, 0) is 23.6 Å². The maximum atomic E-state index is 13.1. The van der Waals surface area contributed by atoms with Crippen LogP contribution < -0.4 is 14.8 Å². The van der Waals surface area contributed by atoms with Crippen molar-refractivity contribution >= 4 is 23.3 Å². The molecule has 2 N–H and O–H groups in total. The fourth-order valence-corrected chi connectivity index (χ4v) is 6.08. The largest absolute Gasteiger partial charge is 0.466 e. The Morgan fingerprint density at radius 3 is 2.24 bits per heavy atom. The normalized spacial score (nSPS) is 18.6. The molecule has 9 nitrogen and oxygen atoms in total. The van der Waals surface area contributed by atoms with E-state index in [0.717, 1.165) is 0 Å². The zero-order chi connectivity index (χ0) is 24.5. The molecule has 1 atom stereocenters. The second kappa shape index (κ2) is 11.9. The van der Waals surface area contributed by atoms with Crippen LogP contribution in [0.4, 0.5) is 4.79 Å². The lowest BCUT2D eigenvalue weighted by Gasteiger charge is -2.31. The van der Waals surface area contributed by atoms with Gasteiger partial charge in [0.05, 0.1) is 12.2 Å². The highest BCUT2D eigenvalue weighted by molar-refractivity contribution is 7.90. The first-order valence-electron chi connectivity index (χ1n) is 10.8. The van der Waals surface area contributed by atoms with Crippen molar-refractivity contribution in [1.82, 2.24) is 10.0 Å². The third-order valence-corrected chi connectivity index (χ3v) is 8.29. The van der Waals surface area contributed by atoms with Crippen molar-refractivity contribution < 1.29 is 31.6 Å². The molecule has 0 heterocycles. The summed E-state index contributed by atoms with van der Waals surface area (Å²) in [5, 5.41) is 2.51. The average Bonchev–Trinajstić information content (AvgIpc) is 2.73. The SMILES string of the molecule is CC(C)OP(=O)(OC(C)C)C(=O)NCCCNS(=O)(=O)C1(Oc2ccccc2)C=CC=CC1. The number of carbonyl (C=O) groups excluding carboxylic acids is 1. The fourth-order valence-electron chi connectivity index (χ4n) is 2.98. The summed E-state index contributed by atoms with van der Waals surface area (Å²) in [6.07, 6.45) is 6.09. The minimum absolute atomic E-state index is 0.0421. The molecule has 0 radical (unpaired) electrons. The highest BCUT2D eigenvalue weighted by Gasteiger charge is 2.44. The summed E-state index contributed by atoms with van der Waals surface area (Å²) in [6.45, 7) is 6.74. The van der Waals surface area contributed by atoms with Gasteiger partial charge in [-0.2, -0.15) is 0 Å². The number of amides is 1. The molecule has 1 aliphatic carbocycles. The third-order valence-electron chi connectivity index (χ3n) is 4.36. The van der Waals surface area contributed by atoms with Crippen molar-refractivity contribution in [2.75, 3.05) is 13.1 Å². The van der Waals surface area contributed by atoms with E-state index in [9.17, 15) is 17.8 Å². The molecule has 1 aromatic carbocycles. The van der Waals surface area contributed by atoms with E-state index in [1.807, 2.05) is 6.07 Å². The number of hydrogen-bond acceptors (Lipinski definition) is 7. The number of para-hydroxylation sites is 1. The summed E-state index contributed by atoms with van der Waals surface area (Å²) in [7, 11) is -7.93. The molecule has 2 rings (SSSR count). The average molecular weight is 501 g/mol. The van der Waals surface area contributed by atoms with Gasteiger partial charge in [0.2, 0.25) is 4.93 Å². The zero-order valence-corrected chi connectivity index (χ0v) is 21.1. The van der Waals surface area contributed by atoms with Crippen molar-refractivity contribution in [3.05, 3.63) is 54.6 Å². The van der Waals surface area contributed by atoms with Gasteiger partial charge in [0.1, 0.15) is 5.75 Å². The van der Waals surface area contributed by atoms with E-state index in [1.165, 1.54) is 6.08 Å². The second-order valence-corrected chi connectivity index (χ2v) is 11.8. The standard InChI is InChI=1S/C22H33N2O7PS/c1-18(2)30-32(26,31-19(3)4)21(25)23-16-11-17-24-33(27,28)22(14-9-6-10-15-22)29-20-12-7-5-8-13-20/h5-10,12-14,18-19,24H,11,15-17H2,1-4H3,(H,23,25). The van der Waals surface area contributed by atoms with Gasteiger partial charge in [0.15, 0.2) is 0 Å². The van der Waals surface area contributed by atoms with E-state index < -0.39 is 40.4 Å². The molecule has 0 spiro atoms. The number of rotatable bonds is 13. The molecule has 33 heavy (non-hydrogen) atoms. The van der Waals surface area contributed by atoms with E-state index >= 15 is 0 Å². The minimum Gasteiger partial charge on any atom is -0.466 e. The van der Waals surface area contributed by atoms with Gasteiger partial charge in [-0.05, 0) is 52.3 Å². The summed E-state index contributed by atoms with van der Waals surface area (Å²) in [5.74, 6) is 0.432. The van der Waals surface area contributed by atoms with Crippen molar-refractivity contribution in [1.29, 1.82) is 0 Å².